The van der Waals surface area contributed by atoms with Crippen molar-refractivity contribution < 1.29 is 8.42 Å². The molecule has 0 heterocycles. The largest absolute Gasteiger partial charge is 0.385 e. The summed E-state index contributed by atoms with van der Waals surface area (Å²) in [6, 6.07) is 13.1. The number of benzene rings is 2. The van der Waals surface area contributed by atoms with E-state index in [9.17, 15) is 8.42 Å². The monoisotopic (exact) mass is 310 g/mol. The molecule has 0 saturated heterocycles. The molecule has 2 aromatic rings. The normalized spacial score (nSPS) is 11.1. The van der Waals surface area contributed by atoms with Crippen LogP contribution in [0, 0.1) is 0 Å². The molecule has 0 spiro atoms. The molecule has 0 atom stereocenters. The zero-order valence-electron chi connectivity index (χ0n) is 10.9. The minimum Gasteiger partial charge on any atom is -0.385 e. The van der Waals surface area contributed by atoms with Gasteiger partial charge in [-0.3, -0.25) is 4.72 Å². The second kappa shape index (κ2) is 6.15. The maximum Gasteiger partial charge on any atom is 0.261 e. The third-order valence-corrected chi connectivity index (χ3v) is 4.29. The second-order valence-corrected chi connectivity index (χ2v) is 6.29. The molecule has 0 radical (unpaired) electrons. The molecule has 0 aliphatic heterocycles. The molecule has 0 fully saturated rings. The predicted molar refractivity (Wildman–Crippen MR) is 82.9 cm³/mol. The molecule has 6 heteroatoms. The van der Waals surface area contributed by atoms with Crippen LogP contribution in [0.3, 0.4) is 0 Å². The van der Waals surface area contributed by atoms with E-state index in [0.717, 1.165) is 12.2 Å². The molecule has 2 aromatic carbocycles. The molecule has 0 aliphatic carbocycles. The number of halogens is 1. The Hall–Kier alpha value is -1.72. The van der Waals surface area contributed by atoms with E-state index in [1.54, 1.807) is 48.5 Å². The molecule has 0 bridgehead atoms. The van der Waals surface area contributed by atoms with E-state index < -0.39 is 10.0 Å². The molecule has 0 aromatic heterocycles. The first kappa shape index (κ1) is 14.7. The lowest BCUT2D eigenvalue weighted by atomic mass is 10.3. The van der Waals surface area contributed by atoms with E-state index >= 15 is 0 Å². The van der Waals surface area contributed by atoms with Gasteiger partial charge in [-0.1, -0.05) is 11.6 Å². The Morgan fingerprint density at radius 3 is 2.05 bits per heavy atom. The van der Waals surface area contributed by atoms with Crippen molar-refractivity contribution in [3.63, 3.8) is 0 Å². The molecular weight excluding hydrogens is 296 g/mol. The van der Waals surface area contributed by atoms with Crippen molar-refractivity contribution in [2.75, 3.05) is 16.6 Å². The van der Waals surface area contributed by atoms with E-state index in [2.05, 4.69) is 10.0 Å². The van der Waals surface area contributed by atoms with Crippen molar-refractivity contribution in [1.29, 1.82) is 0 Å². The molecule has 2 rings (SSSR count). The Labute approximate surface area is 123 Å². The second-order valence-electron chi connectivity index (χ2n) is 4.17. The zero-order chi connectivity index (χ0) is 14.6. The summed E-state index contributed by atoms with van der Waals surface area (Å²) in [7, 11) is -3.58. The first-order valence-electron chi connectivity index (χ1n) is 6.13. The van der Waals surface area contributed by atoms with E-state index in [4.69, 9.17) is 11.6 Å². The van der Waals surface area contributed by atoms with Crippen LogP contribution in [0.5, 0.6) is 0 Å². The van der Waals surface area contributed by atoms with Crippen LogP contribution in [0.25, 0.3) is 0 Å². The van der Waals surface area contributed by atoms with Gasteiger partial charge in [-0.05, 0) is 55.5 Å². The summed E-state index contributed by atoms with van der Waals surface area (Å²) in [4.78, 5) is 0.217. The first-order chi connectivity index (χ1) is 9.51. The molecule has 4 nitrogen and oxygen atoms in total. The highest BCUT2D eigenvalue weighted by atomic mass is 35.5. The average Bonchev–Trinajstić information content (AvgIpc) is 2.42. The highest BCUT2D eigenvalue weighted by Crippen LogP contribution is 2.19. The first-order valence-corrected chi connectivity index (χ1v) is 8.00. The molecular formula is C14H15ClN2O2S. The van der Waals surface area contributed by atoms with Gasteiger partial charge in [0.05, 0.1) is 4.90 Å². The van der Waals surface area contributed by atoms with Crippen molar-refractivity contribution >= 4 is 33.0 Å². The van der Waals surface area contributed by atoms with Gasteiger partial charge in [0.25, 0.3) is 10.0 Å². The average molecular weight is 311 g/mol. The molecule has 0 aliphatic rings. The van der Waals surface area contributed by atoms with Gasteiger partial charge in [-0.15, -0.1) is 0 Å². The summed E-state index contributed by atoms with van der Waals surface area (Å²) in [5.74, 6) is 0. The van der Waals surface area contributed by atoms with E-state index in [1.807, 2.05) is 6.92 Å². The van der Waals surface area contributed by atoms with Crippen LogP contribution >= 0.6 is 11.6 Å². The molecule has 0 amide bonds. The fourth-order valence-corrected chi connectivity index (χ4v) is 2.87. The molecule has 0 saturated carbocycles. The highest BCUT2D eigenvalue weighted by molar-refractivity contribution is 7.92. The van der Waals surface area contributed by atoms with Gasteiger partial charge in [0.2, 0.25) is 0 Å². The van der Waals surface area contributed by atoms with Crippen LogP contribution in [0.2, 0.25) is 5.02 Å². The third kappa shape index (κ3) is 3.65. The minimum atomic E-state index is -3.58. The Morgan fingerprint density at radius 1 is 0.950 bits per heavy atom. The van der Waals surface area contributed by atoms with E-state index in [0.29, 0.717) is 10.7 Å². The molecule has 20 heavy (non-hydrogen) atoms. The maximum absolute atomic E-state index is 12.2. The molecule has 2 N–H and O–H groups in total. The summed E-state index contributed by atoms with van der Waals surface area (Å²) in [5, 5.41) is 3.67. The third-order valence-electron chi connectivity index (χ3n) is 2.64. The summed E-state index contributed by atoms with van der Waals surface area (Å²) in [5.41, 5.74) is 1.36. The fourth-order valence-electron chi connectivity index (χ4n) is 1.69. The summed E-state index contributed by atoms with van der Waals surface area (Å²) >= 11 is 5.76. The van der Waals surface area contributed by atoms with Crippen LogP contribution in [0.1, 0.15) is 6.92 Å². The Kier molecular flexibility index (Phi) is 4.52. The van der Waals surface area contributed by atoms with Crippen molar-refractivity contribution in [3.05, 3.63) is 53.6 Å². The lowest BCUT2D eigenvalue weighted by Crippen LogP contribution is -2.12. The Balaban J connectivity index is 2.19. The lowest BCUT2D eigenvalue weighted by molar-refractivity contribution is 0.601. The summed E-state index contributed by atoms with van der Waals surface area (Å²) in [6.07, 6.45) is 0. The number of hydrogen-bond donors (Lipinski definition) is 2. The van der Waals surface area contributed by atoms with E-state index in [1.165, 1.54) is 0 Å². The van der Waals surface area contributed by atoms with Gasteiger partial charge in [-0.2, -0.15) is 0 Å². The maximum atomic E-state index is 12.2. The van der Waals surface area contributed by atoms with Gasteiger partial charge >= 0.3 is 0 Å². The lowest BCUT2D eigenvalue weighted by Gasteiger charge is -2.09. The minimum absolute atomic E-state index is 0.217. The fraction of sp³-hybridized carbons (Fsp3) is 0.143. The molecule has 106 valence electrons. The standard InChI is InChI=1S/C14H15ClN2O2S/c1-2-16-12-7-9-14(10-8-12)20(18,19)17-13-5-3-11(15)4-6-13/h3-10,16-17H,2H2,1H3. The van der Waals surface area contributed by atoms with Gasteiger partial charge < -0.3 is 5.32 Å². The predicted octanol–water partition coefficient (Wildman–Crippen LogP) is 3.57. The molecule has 0 unspecified atom stereocenters. The van der Waals surface area contributed by atoms with Crippen LogP contribution in [0.15, 0.2) is 53.4 Å². The summed E-state index contributed by atoms with van der Waals surface area (Å²) < 4.78 is 26.9. The van der Waals surface area contributed by atoms with Gasteiger partial charge in [0, 0.05) is 22.9 Å². The SMILES string of the molecule is CCNc1ccc(S(=O)(=O)Nc2ccc(Cl)cc2)cc1. The Bertz CT molecular complexity index is 667. The van der Waals surface area contributed by atoms with Crippen LogP contribution in [-0.4, -0.2) is 15.0 Å². The number of anilines is 2. The zero-order valence-corrected chi connectivity index (χ0v) is 12.5. The van der Waals surface area contributed by atoms with Crippen LogP contribution < -0.4 is 10.0 Å². The van der Waals surface area contributed by atoms with Gasteiger partial charge in [0.1, 0.15) is 0 Å². The summed E-state index contributed by atoms with van der Waals surface area (Å²) in [6.45, 7) is 2.77. The highest BCUT2D eigenvalue weighted by Gasteiger charge is 2.13. The Morgan fingerprint density at radius 2 is 1.50 bits per heavy atom. The number of nitrogens with one attached hydrogen (secondary N) is 2. The topological polar surface area (TPSA) is 58.2 Å². The van der Waals surface area contributed by atoms with Crippen LogP contribution in [0.4, 0.5) is 11.4 Å². The smallest absolute Gasteiger partial charge is 0.261 e. The van der Waals surface area contributed by atoms with Gasteiger partial charge in [-0.25, -0.2) is 8.42 Å². The van der Waals surface area contributed by atoms with E-state index in [-0.39, 0.29) is 4.90 Å². The van der Waals surface area contributed by atoms with Crippen molar-refractivity contribution in [2.24, 2.45) is 0 Å². The van der Waals surface area contributed by atoms with Crippen molar-refractivity contribution in [2.45, 2.75) is 11.8 Å². The van der Waals surface area contributed by atoms with Crippen LogP contribution in [-0.2, 0) is 10.0 Å². The quantitative estimate of drug-likeness (QED) is 0.887. The van der Waals surface area contributed by atoms with Crippen molar-refractivity contribution in [1.82, 2.24) is 0 Å². The number of rotatable bonds is 5. The van der Waals surface area contributed by atoms with Crippen molar-refractivity contribution in [3.8, 4) is 0 Å². The number of sulfonamides is 1. The van der Waals surface area contributed by atoms with Gasteiger partial charge in [0.15, 0.2) is 0 Å². The number of hydrogen-bond acceptors (Lipinski definition) is 3.